The number of carbonyl (C=O) groups is 3. The number of nitrogens with one attached hydrogen (secondary N) is 1. The Bertz CT molecular complexity index is 436. The third-order valence-corrected chi connectivity index (χ3v) is 4.28. The van der Waals surface area contributed by atoms with Crippen molar-refractivity contribution < 1.29 is 19.1 Å². The van der Waals surface area contributed by atoms with Crippen LogP contribution in [0.2, 0.25) is 0 Å². The first-order chi connectivity index (χ1) is 9.11. The van der Waals surface area contributed by atoms with Crippen LogP contribution in [-0.2, 0) is 14.3 Å². The summed E-state index contributed by atoms with van der Waals surface area (Å²) in [5, 5.41) is 2.30. The molecule has 0 aromatic rings. The molecule has 0 saturated carbocycles. The highest BCUT2D eigenvalue weighted by Gasteiger charge is 2.51. The second-order valence-electron chi connectivity index (χ2n) is 5.52. The van der Waals surface area contributed by atoms with E-state index >= 15 is 0 Å². The van der Waals surface area contributed by atoms with Gasteiger partial charge < -0.3 is 4.74 Å². The zero-order valence-electron chi connectivity index (χ0n) is 10.9. The quantitative estimate of drug-likeness (QED) is 0.767. The van der Waals surface area contributed by atoms with Gasteiger partial charge >= 0.3 is 6.03 Å². The number of fused-ring (bicyclic) bond motifs is 2. The molecule has 2 bridgehead atoms. The van der Waals surface area contributed by atoms with Gasteiger partial charge in [-0.3, -0.25) is 19.8 Å². The fraction of sp³-hybridized carbons (Fsp3) is 0.769. The number of rotatable bonds is 3. The molecule has 3 fully saturated rings. The molecule has 4 unspecified atom stereocenters. The van der Waals surface area contributed by atoms with E-state index in [9.17, 15) is 14.4 Å². The van der Waals surface area contributed by atoms with Gasteiger partial charge in [0.2, 0.25) is 11.8 Å². The zero-order valence-corrected chi connectivity index (χ0v) is 10.9. The molecule has 3 saturated heterocycles. The standard InChI is InChI=1S/C13H18N2O4/c1-2-3-8-11(16)14-13(18)15(12(8)17)9-6-7-4-5-10(9)19-7/h7-10H,2-6H2,1H3,(H,14,16,18). The maximum absolute atomic E-state index is 12.4. The fourth-order valence-electron chi connectivity index (χ4n) is 3.37. The minimum absolute atomic E-state index is 0.0461. The van der Waals surface area contributed by atoms with Crippen LogP contribution < -0.4 is 5.32 Å². The highest BCUT2D eigenvalue weighted by Crippen LogP contribution is 2.38. The monoisotopic (exact) mass is 266 g/mol. The van der Waals surface area contributed by atoms with Crippen LogP contribution in [0.5, 0.6) is 0 Å². The molecule has 6 heteroatoms. The van der Waals surface area contributed by atoms with E-state index in [1.807, 2.05) is 6.92 Å². The summed E-state index contributed by atoms with van der Waals surface area (Å²) in [5.74, 6) is -1.53. The van der Waals surface area contributed by atoms with Crippen molar-refractivity contribution in [1.29, 1.82) is 0 Å². The number of imide groups is 2. The Morgan fingerprint density at radius 1 is 1.32 bits per heavy atom. The van der Waals surface area contributed by atoms with Crippen molar-refractivity contribution >= 4 is 17.8 Å². The van der Waals surface area contributed by atoms with Crippen molar-refractivity contribution in [1.82, 2.24) is 10.2 Å². The Morgan fingerprint density at radius 2 is 2.11 bits per heavy atom. The topological polar surface area (TPSA) is 75.7 Å². The molecule has 0 spiro atoms. The van der Waals surface area contributed by atoms with Gasteiger partial charge in [-0.15, -0.1) is 0 Å². The van der Waals surface area contributed by atoms with E-state index < -0.39 is 17.9 Å². The minimum atomic E-state index is -0.721. The maximum Gasteiger partial charge on any atom is 0.331 e. The Balaban J connectivity index is 1.81. The molecule has 0 aliphatic carbocycles. The number of urea groups is 1. The number of hydrogen-bond acceptors (Lipinski definition) is 4. The predicted octanol–water partition coefficient (Wildman–Crippen LogP) is 0.801. The highest BCUT2D eigenvalue weighted by atomic mass is 16.5. The maximum atomic E-state index is 12.4. The van der Waals surface area contributed by atoms with E-state index in [0.29, 0.717) is 12.8 Å². The van der Waals surface area contributed by atoms with Gasteiger partial charge in [-0.05, 0) is 25.7 Å². The van der Waals surface area contributed by atoms with Gasteiger partial charge in [0, 0.05) is 0 Å². The molecular formula is C13H18N2O4. The van der Waals surface area contributed by atoms with Crippen molar-refractivity contribution in [3.63, 3.8) is 0 Å². The smallest absolute Gasteiger partial charge is 0.331 e. The van der Waals surface area contributed by atoms with Crippen molar-refractivity contribution in [2.75, 3.05) is 0 Å². The van der Waals surface area contributed by atoms with Crippen LogP contribution in [-0.4, -0.2) is 41.0 Å². The first kappa shape index (κ1) is 12.6. The van der Waals surface area contributed by atoms with Gasteiger partial charge in [-0.25, -0.2) is 4.79 Å². The van der Waals surface area contributed by atoms with Gasteiger partial charge in [0.15, 0.2) is 0 Å². The summed E-state index contributed by atoms with van der Waals surface area (Å²) in [6, 6.07) is -0.776. The molecule has 4 amide bonds. The molecular weight excluding hydrogens is 248 g/mol. The number of ether oxygens (including phenoxy) is 1. The molecule has 19 heavy (non-hydrogen) atoms. The first-order valence-electron chi connectivity index (χ1n) is 6.95. The average molecular weight is 266 g/mol. The van der Waals surface area contributed by atoms with Crippen LogP contribution in [0.15, 0.2) is 0 Å². The van der Waals surface area contributed by atoms with E-state index in [0.717, 1.165) is 19.3 Å². The summed E-state index contributed by atoms with van der Waals surface area (Å²) in [6.07, 6.45) is 3.93. The molecule has 0 radical (unpaired) electrons. The van der Waals surface area contributed by atoms with Crippen LogP contribution in [0.25, 0.3) is 0 Å². The SMILES string of the molecule is CCCC1C(=O)NC(=O)N(C2CC3CCC2O3)C1=O. The summed E-state index contributed by atoms with van der Waals surface area (Å²) in [5.41, 5.74) is 0. The summed E-state index contributed by atoms with van der Waals surface area (Å²) >= 11 is 0. The van der Waals surface area contributed by atoms with Crippen molar-refractivity contribution in [2.24, 2.45) is 5.92 Å². The minimum Gasteiger partial charge on any atom is -0.373 e. The Kier molecular flexibility index (Phi) is 3.05. The molecule has 3 aliphatic heterocycles. The lowest BCUT2D eigenvalue weighted by Crippen LogP contribution is -2.62. The van der Waals surface area contributed by atoms with Crippen molar-refractivity contribution in [3.05, 3.63) is 0 Å². The molecule has 0 aromatic carbocycles. The third-order valence-electron chi connectivity index (χ3n) is 4.28. The van der Waals surface area contributed by atoms with E-state index in [1.54, 1.807) is 0 Å². The van der Waals surface area contributed by atoms with Gasteiger partial charge in [-0.1, -0.05) is 13.3 Å². The largest absolute Gasteiger partial charge is 0.373 e. The van der Waals surface area contributed by atoms with Crippen molar-refractivity contribution in [2.45, 2.75) is 57.3 Å². The van der Waals surface area contributed by atoms with Crippen LogP contribution in [0.3, 0.4) is 0 Å². The summed E-state index contributed by atoms with van der Waals surface area (Å²) in [4.78, 5) is 37.3. The highest BCUT2D eigenvalue weighted by molar-refractivity contribution is 6.16. The molecule has 6 nitrogen and oxygen atoms in total. The van der Waals surface area contributed by atoms with Crippen LogP contribution in [0, 0.1) is 5.92 Å². The molecule has 4 atom stereocenters. The predicted molar refractivity (Wildman–Crippen MR) is 65.1 cm³/mol. The van der Waals surface area contributed by atoms with Crippen LogP contribution in [0.1, 0.15) is 39.0 Å². The number of amides is 4. The normalized spacial score (nSPS) is 37.9. The average Bonchev–Trinajstić information content (AvgIpc) is 2.96. The lowest BCUT2D eigenvalue weighted by Gasteiger charge is -2.36. The Morgan fingerprint density at radius 3 is 2.68 bits per heavy atom. The Hall–Kier alpha value is -1.43. The number of carbonyl (C=O) groups excluding carboxylic acids is 3. The van der Waals surface area contributed by atoms with E-state index in [4.69, 9.17) is 4.74 Å². The molecule has 1 N–H and O–H groups in total. The first-order valence-corrected chi connectivity index (χ1v) is 6.95. The van der Waals surface area contributed by atoms with E-state index in [2.05, 4.69) is 5.32 Å². The molecule has 0 aromatic heterocycles. The second-order valence-corrected chi connectivity index (χ2v) is 5.52. The number of nitrogens with zero attached hydrogens (tertiary/aromatic N) is 1. The molecule has 104 valence electrons. The van der Waals surface area contributed by atoms with E-state index in [1.165, 1.54) is 4.90 Å². The van der Waals surface area contributed by atoms with E-state index in [-0.39, 0.29) is 24.2 Å². The zero-order chi connectivity index (χ0) is 13.6. The second kappa shape index (κ2) is 4.59. The van der Waals surface area contributed by atoms with Gasteiger partial charge in [-0.2, -0.15) is 0 Å². The van der Waals surface area contributed by atoms with Crippen molar-refractivity contribution in [3.8, 4) is 0 Å². The third kappa shape index (κ3) is 1.94. The summed E-state index contributed by atoms with van der Waals surface area (Å²) in [6.45, 7) is 1.92. The van der Waals surface area contributed by atoms with Crippen LogP contribution in [0.4, 0.5) is 4.79 Å². The molecule has 3 heterocycles. The van der Waals surface area contributed by atoms with Gasteiger partial charge in [0.1, 0.15) is 5.92 Å². The van der Waals surface area contributed by atoms with Crippen LogP contribution >= 0.6 is 0 Å². The number of barbiturate groups is 1. The molecule has 3 rings (SSSR count). The Labute approximate surface area is 111 Å². The summed E-state index contributed by atoms with van der Waals surface area (Å²) < 4.78 is 5.70. The van der Waals surface area contributed by atoms with Gasteiger partial charge in [0.05, 0.1) is 18.2 Å². The fourth-order valence-corrected chi connectivity index (χ4v) is 3.37. The summed E-state index contributed by atoms with van der Waals surface area (Å²) in [7, 11) is 0. The lowest BCUT2D eigenvalue weighted by molar-refractivity contribution is -0.145. The molecule has 3 aliphatic rings. The lowest BCUT2D eigenvalue weighted by atomic mass is 9.91. The number of hydrogen-bond donors (Lipinski definition) is 1. The van der Waals surface area contributed by atoms with Gasteiger partial charge in [0.25, 0.3) is 0 Å².